The number of rotatable bonds is 8. The van der Waals surface area contributed by atoms with E-state index in [2.05, 4.69) is 0 Å². The molecule has 0 bridgehead atoms. The smallest absolute Gasteiger partial charge is 0.330 e. The fourth-order valence-electron chi connectivity index (χ4n) is 3.42. The lowest BCUT2D eigenvalue weighted by Crippen LogP contribution is -2.59. The lowest BCUT2D eigenvalue weighted by molar-refractivity contribution is -0.305. The Kier molecular flexibility index (Phi) is 8.05. The van der Waals surface area contributed by atoms with Crippen LogP contribution in [0.3, 0.4) is 0 Å². The largest absolute Gasteiger partial charge is 0.508 e. The molecule has 2 fully saturated rings. The molecule has 11 nitrogen and oxygen atoms in total. The van der Waals surface area contributed by atoms with Crippen LogP contribution in [0, 0.1) is 5.92 Å². The highest BCUT2D eigenvalue weighted by Crippen LogP contribution is 2.30. The molecule has 0 aliphatic carbocycles. The predicted octanol–water partition coefficient (Wildman–Crippen LogP) is -0.913. The van der Waals surface area contributed by atoms with Crippen molar-refractivity contribution in [3.8, 4) is 5.75 Å². The van der Waals surface area contributed by atoms with E-state index in [4.69, 9.17) is 18.9 Å². The summed E-state index contributed by atoms with van der Waals surface area (Å²) in [5.74, 6) is -1.74. The fraction of sp³-hybridized carbons (Fsp3) is 0.545. The molecule has 5 N–H and O–H groups in total. The molecule has 0 amide bonds. The van der Waals surface area contributed by atoms with Gasteiger partial charge in [-0.25, -0.2) is 4.79 Å². The van der Waals surface area contributed by atoms with Crippen molar-refractivity contribution < 1.29 is 54.1 Å². The van der Waals surface area contributed by atoms with E-state index in [1.807, 2.05) is 0 Å². The second kappa shape index (κ2) is 10.6. The van der Waals surface area contributed by atoms with Gasteiger partial charge in [0.15, 0.2) is 6.29 Å². The number of phenols is 1. The third-order valence-electron chi connectivity index (χ3n) is 5.72. The Hall–Kier alpha value is -2.54. The highest BCUT2D eigenvalue weighted by Gasteiger charge is 2.47. The van der Waals surface area contributed by atoms with Gasteiger partial charge in [-0.15, -0.1) is 0 Å². The maximum absolute atomic E-state index is 12.0. The number of phenolic OH excluding ortho intramolecular Hbond substituents is 1. The summed E-state index contributed by atoms with van der Waals surface area (Å²) in [7, 11) is 0. The van der Waals surface area contributed by atoms with Crippen molar-refractivity contribution in [2.75, 3.05) is 19.8 Å². The molecule has 2 aliphatic heterocycles. The van der Waals surface area contributed by atoms with Crippen LogP contribution in [-0.2, 0) is 28.5 Å². The quantitative estimate of drug-likeness (QED) is 0.236. The van der Waals surface area contributed by atoms with Crippen LogP contribution in [0.5, 0.6) is 5.75 Å². The lowest BCUT2D eigenvalue weighted by atomic mass is 9.88. The molecule has 0 radical (unpaired) electrons. The van der Waals surface area contributed by atoms with Crippen molar-refractivity contribution in [2.24, 2.45) is 5.92 Å². The number of hydrogen-bond acceptors (Lipinski definition) is 11. The minimum absolute atomic E-state index is 0.0873. The Balaban J connectivity index is 1.52. The van der Waals surface area contributed by atoms with Gasteiger partial charge in [0, 0.05) is 12.0 Å². The minimum atomic E-state index is -1.63. The van der Waals surface area contributed by atoms with Crippen LogP contribution in [0.15, 0.2) is 30.3 Å². The number of hydrogen-bond donors (Lipinski definition) is 5. The van der Waals surface area contributed by atoms with Crippen molar-refractivity contribution in [2.45, 2.75) is 49.7 Å². The molecule has 1 aromatic carbocycles. The Morgan fingerprint density at radius 3 is 2.55 bits per heavy atom. The van der Waals surface area contributed by atoms with Crippen LogP contribution in [-0.4, -0.2) is 93.6 Å². The van der Waals surface area contributed by atoms with Crippen LogP contribution >= 0.6 is 0 Å². The first-order valence-electron chi connectivity index (χ1n) is 10.4. The van der Waals surface area contributed by atoms with Crippen molar-refractivity contribution >= 4 is 18.0 Å². The molecule has 3 rings (SSSR count). The van der Waals surface area contributed by atoms with Gasteiger partial charge in [-0.3, -0.25) is 4.79 Å². The molecule has 1 aromatic rings. The van der Waals surface area contributed by atoms with Gasteiger partial charge in [-0.1, -0.05) is 19.1 Å². The molecule has 0 unspecified atom stereocenters. The van der Waals surface area contributed by atoms with Gasteiger partial charge in [0.2, 0.25) is 0 Å². The van der Waals surface area contributed by atoms with Gasteiger partial charge < -0.3 is 44.5 Å². The molecule has 0 saturated carbocycles. The second-order valence-electron chi connectivity index (χ2n) is 8.25. The van der Waals surface area contributed by atoms with Crippen LogP contribution in [0.25, 0.3) is 6.08 Å². The molecule has 0 spiro atoms. The number of aromatic hydroxyl groups is 1. The van der Waals surface area contributed by atoms with Gasteiger partial charge in [0.1, 0.15) is 49.0 Å². The van der Waals surface area contributed by atoms with Crippen molar-refractivity contribution in [3.63, 3.8) is 0 Å². The SMILES string of the molecule is C[C@@H](CO[C@H]1O[C@H](COC(=O)C=Cc2ccc(O)cc2)[C@@H](O)[C@H](O)[C@H]1O)[C@@]1(O)COC(=O)C1. The average molecular weight is 468 g/mol. The summed E-state index contributed by atoms with van der Waals surface area (Å²) in [6, 6.07) is 6.11. The van der Waals surface area contributed by atoms with Gasteiger partial charge in [-0.05, 0) is 23.8 Å². The molecule has 33 heavy (non-hydrogen) atoms. The Morgan fingerprint density at radius 2 is 1.91 bits per heavy atom. The first-order chi connectivity index (χ1) is 15.6. The Labute approximate surface area is 189 Å². The van der Waals surface area contributed by atoms with E-state index in [0.29, 0.717) is 5.56 Å². The van der Waals surface area contributed by atoms with Crippen molar-refractivity contribution in [1.29, 1.82) is 0 Å². The average Bonchev–Trinajstić information content (AvgIpc) is 3.15. The van der Waals surface area contributed by atoms with Crippen LogP contribution in [0.2, 0.25) is 0 Å². The zero-order valence-corrected chi connectivity index (χ0v) is 17.9. The summed E-state index contributed by atoms with van der Waals surface area (Å²) in [6.07, 6.45) is -4.90. The zero-order chi connectivity index (χ0) is 24.2. The van der Waals surface area contributed by atoms with E-state index in [0.717, 1.165) is 6.08 Å². The summed E-state index contributed by atoms with van der Waals surface area (Å²) in [4.78, 5) is 23.3. The molecule has 0 aromatic heterocycles. The lowest BCUT2D eigenvalue weighted by Gasteiger charge is -2.40. The van der Waals surface area contributed by atoms with Crippen LogP contribution < -0.4 is 0 Å². The highest BCUT2D eigenvalue weighted by atomic mass is 16.7. The molecule has 182 valence electrons. The Morgan fingerprint density at radius 1 is 1.21 bits per heavy atom. The summed E-state index contributed by atoms with van der Waals surface area (Å²) in [5.41, 5.74) is -0.774. The van der Waals surface area contributed by atoms with E-state index in [1.165, 1.54) is 18.2 Å². The van der Waals surface area contributed by atoms with Gasteiger partial charge in [0.25, 0.3) is 0 Å². The molecular formula is C22H28O11. The summed E-state index contributed by atoms with van der Waals surface area (Å²) in [5, 5.41) is 50.2. The number of ether oxygens (including phenoxy) is 4. The topological polar surface area (TPSA) is 172 Å². The third kappa shape index (κ3) is 6.28. The number of carbonyl (C=O) groups excluding carboxylic acids is 2. The molecular weight excluding hydrogens is 440 g/mol. The predicted molar refractivity (Wildman–Crippen MR) is 110 cm³/mol. The van der Waals surface area contributed by atoms with E-state index in [9.17, 15) is 35.1 Å². The molecule has 2 heterocycles. The van der Waals surface area contributed by atoms with E-state index in [1.54, 1.807) is 19.1 Å². The maximum Gasteiger partial charge on any atom is 0.330 e. The van der Waals surface area contributed by atoms with Gasteiger partial charge in [0.05, 0.1) is 13.0 Å². The van der Waals surface area contributed by atoms with E-state index < -0.39 is 60.8 Å². The molecule has 11 heteroatoms. The van der Waals surface area contributed by atoms with Gasteiger partial charge in [-0.2, -0.15) is 0 Å². The first-order valence-corrected chi connectivity index (χ1v) is 10.4. The number of benzene rings is 1. The normalized spacial score (nSPS) is 33.1. The number of aliphatic hydroxyl groups is 4. The minimum Gasteiger partial charge on any atom is -0.508 e. The monoisotopic (exact) mass is 468 g/mol. The molecule has 2 saturated heterocycles. The summed E-state index contributed by atoms with van der Waals surface area (Å²) in [6.45, 7) is 0.884. The number of carbonyl (C=O) groups is 2. The third-order valence-corrected chi connectivity index (χ3v) is 5.72. The van der Waals surface area contributed by atoms with Crippen LogP contribution in [0.4, 0.5) is 0 Å². The summed E-state index contributed by atoms with van der Waals surface area (Å²) >= 11 is 0. The maximum atomic E-state index is 12.0. The van der Waals surface area contributed by atoms with Crippen molar-refractivity contribution in [3.05, 3.63) is 35.9 Å². The zero-order valence-electron chi connectivity index (χ0n) is 17.9. The standard InChI is InChI=1S/C22H28O11/c1-12(22(29)8-17(25)32-11-22)9-31-21-20(28)19(27)18(26)15(33-21)10-30-16(24)7-4-13-2-5-14(23)6-3-13/h2-7,12,15,18-21,23,26-29H,8-11H2,1H3/t12-,15+,18+,19-,20+,21-,22-/m0/s1. The Bertz CT molecular complexity index is 854. The number of cyclic esters (lactones) is 1. The molecule has 7 atom stereocenters. The number of esters is 2. The fourth-order valence-corrected chi connectivity index (χ4v) is 3.42. The van der Waals surface area contributed by atoms with Crippen molar-refractivity contribution in [1.82, 2.24) is 0 Å². The van der Waals surface area contributed by atoms with Crippen LogP contribution in [0.1, 0.15) is 18.9 Å². The van der Waals surface area contributed by atoms with E-state index in [-0.39, 0.29) is 25.4 Å². The highest BCUT2D eigenvalue weighted by molar-refractivity contribution is 5.87. The molecule has 2 aliphatic rings. The number of aliphatic hydroxyl groups excluding tert-OH is 3. The summed E-state index contributed by atoms with van der Waals surface area (Å²) < 4.78 is 20.8. The van der Waals surface area contributed by atoms with E-state index >= 15 is 0 Å². The second-order valence-corrected chi connectivity index (χ2v) is 8.25. The first kappa shape index (κ1) is 25.1. The van der Waals surface area contributed by atoms with Gasteiger partial charge >= 0.3 is 11.9 Å².